The van der Waals surface area contributed by atoms with E-state index < -0.39 is 59.0 Å². The van der Waals surface area contributed by atoms with Crippen LogP contribution in [-0.2, 0) is 19.2 Å². The maximum absolute atomic E-state index is 13.7. The second-order valence-corrected chi connectivity index (χ2v) is 13.4. The first-order chi connectivity index (χ1) is 22.8. The molecule has 3 aromatic rings. The smallest absolute Gasteiger partial charge is 0.326 e. The van der Waals surface area contributed by atoms with Crippen LogP contribution in [0.5, 0.6) is 11.5 Å². The predicted octanol–water partition coefficient (Wildman–Crippen LogP) is 4.26. The summed E-state index contributed by atoms with van der Waals surface area (Å²) < 4.78 is 24.7. The first-order valence-electron chi connectivity index (χ1n) is 15.4. The lowest BCUT2D eigenvalue weighted by molar-refractivity contribution is -0.144. The molecule has 0 spiro atoms. The Morgan fingerprint density at radius 3 is 2.12 bits per heavy atom. The normalized spacial score (nSPS) is 17.1. The maximum atomic E-state index is 13.7. The number of carbonyl (C=O) groups is 4. The van der Waals surface area contributed by atoms with Gasteiger partial charge in [0.1, 0.15) is 28.6 Å². The lowest BCUT2D eigenvalue weighted by atomic mass is 9.87. The van der Waals surface area contributed by atoms with Crippen molar-refractivity contribution in [2.75, 3.05) is 30.4 Å². The summed E-state index contributed by atoms with van der Waals surface area (Å²) >= 11 is 1.33. The van der Waals surface area contributed by atoms with Gasteiger partial charge in [0.05, 0.1) is 25.3 Å². The molecule has 0 radical (unpaired) electrons. The number of hydrogen-bond acceptors (Lipinski definition) is 8. The van der Waals surface area contributed by atoms with Gasteiger partial charge in [-0.05, 0) is 72.0 Å². The molecule has 48 heavy (non-hydrogen) atoms. The number of aliphatic hydroxyl groups excluding tert-OH is 1. The van der Waals surface area contributed by atoms with E-state index in [4.69, 9.17) is 9.47 Å². The van der Waals surface area contributed by atoms with Crippen molar-refractivity contribution in [1.82, 2.24) is 10.6 Å². The molecule has 1 heterocycles. The van der Waals surface area contributed by atoms with Crippen molar-refractivity contribution in [3.63, 3.8) is 0 Å². The Kier molecular flexibility index (Phi) is 12.1. The first kappa shape index (κ1) is 36.2. The van der Waals surface area contributed by atoms with Crippen LogP contribution < -0.4 is 25.0 Å². The molecule has 1 aliphatic heterocycles. The number of halogens is 1. The van der Waals surface area contributed by atoms with Crippen LogP contribution in [0, 0.1) is 11.2 Å². The van der Waals surface area contributed by atoms with Gasteiger partial charge in [0.25, 0.3) is 5.91 Å². The van der Waals surface area contributed by atoms with E-state index in [1.165, 1.54) is 36.0 Å². The fraction of sp³-hybridized carbons (Fsp3) is 0.371. The molecular weight excluding hydrogens is 641 g/mol. The summed E-state index contributed by atoms with van der Waals surface area (Å²) in [6.07, 6.45) is -0.816. The number of carbonyl (C=O) groups excluding carboxylic acids is 3. The van der Waals surface area contributed by atoms with Crippen LogP contribution in [0.3, 0.4) is 0 Å². The molecule has 4 rings (SSSR count). The topological polar surface area (TPSA) is 154 Å². The van der Waals surface area contributed by atoms with E-state index >= 15 is 0 Å². The summed E-state index contributed by atoms with van der Waals surface area (Å²) in [7, 11) is 0. The second-order valence-electron chi connectivity index (χ2n) is 12.2. The zero-order chi connectivity index (χ0) is 35.0. The zero-order valence-corrected chi connectivity index (χ0v) is 28.0. The van der Waals surface area contributed by atoms with Gasteiger partial charge >= 0.3 is 5.97 Å². The quantitative estimate of drug-likeness (QED) is 0.172. The predicted molar refractivity (Wildman–Crippen MR) is 179 cm³/mol. The lowest BCUT2D eigenvalue weighted by Crippen LogP contribution is -2.57. The number of thioether (sulfide) groups is 1. The van der Waals surface area contributed by atoms with Crippen LogP contribution in [-0.4, -0.2) is 70.7 Å². The number of β-lactam (4-membered cyclic amide) rings is 1. The van der Waals surface area contributed by atoms with Gasteiger partial charge in [-0.1, -0.05) is 45.0 Å². The van der Waals surface area contributed by atoms with Crippen molar-refractivity contribution in [2.45, 2.75) is 51.1 Å². The molecule has 3 aromatic carbocycles. The summed E-state index contributed by atoms with van der Waals surface area (Å²) in [5.41, 5.74) is 1.28. The molecule has 11 nitrogen and oxygen atoms in total. The summed E-state index contributed by atoms with van der Waals surface area (Å²) in [6.45, 7) is 6.67. The van der Waals surface area contributed by atoms with E-state index in [-0.39, 0.29) is 18.3 Å². The van der Waals surface area contributed by atoms with Crippen LogP contribution in [0.4, 0.5) is 10.1 Å². The molecule has 3 amide bonds. The SMILES string of the molecule is CCOc1ccc(C(O)CS[C@H]2C(=O)N(c3ccc(F)cc3)[C@@H]2c2ccc(OCC(=O)NCC(=O)N[C@@H](C(=O)O)C(C)(C)C)cc2)cc1. The van der Waals surface area contributed by atoms with Gasteiger partial charge in [-0.25, -0.2) is 9.18 Å². The molecule has 1 fully saturated rings. The average molecular weight is 682 g/mol. The minimum absolute atomic E-state index is 0.172. The van der Waals surface area contributed by atoms with E-state index in [0.717, 1.165) is 5.56 Å². The third-order valence-corrected chi connectivity index (χ3v) is 8.94. The summed E-state index contributed by atoms with van der Waals surface area (Å²) in [5, 5.41) is 24.5. The number of nitrogens with one attached hydrogen (secondary N) is 2. The number of rotatable bonds is 15. The fourth-order valence-corrected chi connectivity index (χ4v) is 6.38. The minimum Gasteiger partial charge on any atom is -0.494 e. The zero-order valence-electron chi connectivity index (χ0n) is 27.1. The Morgan fingerprint density at radius 2 is 1.54 bits per heavy atom. The van der Waals surface area contributed by atoms with Crippen molar-refractivity contribution in [3.05, 3.63) is 89.7 Å². The number of hydrogen-bond donors (Lipinski definition) is 4. The molecular formula is C35H40FN3O8S. The van der Waals surface area contributed by atoms with Gasteiger partial charge < -0.3 is 35.2 Å². The van der Waals surface area contributed by atoms with Crippen LogP contribution >= 0.6 is 11.8 Å². The maximum Gasteiger partial charge on any atom is 0.326 e. The Bertz CT molecular complexity index is 1580. The van der Waals surface area contributed by atoms with Gasteiger partial charge in [-0.2, -0.15) is 0 Å². The number of aliphatic carboxylic acids is 1. The molecule has 1 aliphatic rings. The van der Waals surface area contributed by atoms with Gasteiger partial charge in [0, 0.05) is 11.4 Å². The third kappa shape index (κ3) is 9.26. The summed E-state index contributed by atoms with van der Waals surface area (Å²) in [4.78, 5) is 51.0. The average Bonchev–Trinajstić information content (AvgIpc) is 3.05. The summed E-state index contributed by atoms with van der Waals surface area (Å²) in [5.74, 6) is -1.66. The number of benzene rings is 3. The molecule has 0 aromatic heterocycles. The van der Waals surface area contributed by atoms with E-state index in [2.05, 4.69) is 10.6 Å². The van der Waals surface area contributed by atoms with Gasteiger partial charge in [-0.15, -0.1) is 11.8 Å². The van der Waals surface area contributed by atoms with Crippen LogP contribution in [0.25, 0.3) is 0 Å². The Labute approximate surface area is 282 Å². The molecule has 0 aliphatic carbocycles. The third-order valence-electron chi connectivity index (χ3n) is 7.62. The van der Waals surface area contributed by atoms with E-state index in [0.29, 0.717) is 29.4 Å². The molecule has 256 valence electrons. The number of amides is 3. The van der Waals surface area contributed by atoms with E-state index in [1.54, 1.807) is 74.2 Å². The van der Waals surface area contributed by atoms with Crippen molar-refractivity contribution < 1.29 is 43.3 Å². The molecule has 1 unspecified atom stereocenters. The Balaban J connectivity index is 1.37. The van der Waals surface area contributed by atoms with Crippen molar-refractivity contribution >= 4 is 41.1 Å². The minimum atomic E-state index is -1.17. The van der Waals surface area contributed by atoms with Gasteiger partial charge in [0.2, 0.25) is 11.8 Å². The number of carboxylic acid groups (broad SMARTS) is 1. The molecule has 13 heteroatoms. The number of aliphatic hydroxyl groups is 1. The van der Waals surface area contributed by atoms with Crippen LogP contribution in [0.15, 0.2) is 72.8 Å². The Hall–Kier alpha value is -4.62. The monoisotopic (exact) mass is 681 g/mol. The highest BCUT2D eigenvalue weighted by atomic mass is 32.2. The standard InChI is InChI=1S/C35H40FN3O8S/c1-5-46-25-14-6-21(7-15-25)27(40)20-48-31-30(39(33(31)43)24-12-10-23(36)11-13-24)22-8-16-26(17-9-22)47-19-29(42)37-18-28(41)38-32(34(44)45)35(2,3)4/h6-17,27,30-32,40H,5,18-20H2,1-4H3,(H,37,42)(H,38,41)(H,44,45)/t27?,30-,31-,32+/m1/s1. The van der Waals surface area contributed by atoms with Crippen LogP contribution in [0.1, 0.15) is 51.0 Å². The first-order valence-corrected chi connectivity index (χ1v) is 16.5. The number of ether oxygens (including phenoxy) is 2. The summed E-state index contributed by atoms with van der Waals surface area (Å²) in [6, 6.07) is 18.1. The largest absolute Gasteiger partial charge is 0.494 e. The highest BCUT2D eigenvalue weighted by Crippen LogP contribution is 2.46. The Morgan fingerprint density at radius 1 is 0.938 bits per heavy atom. The van der Waals surface area contributed by atoms with Crippen LogP contribution in [0.2, 0.25) is 0 Å². The number of anilines is 1. The molecule has 1 saturated heterocycles. The van der Waals surface area contributed by atoms with E-state index in [1.807, 2.05) is 6.92 Å². The van der Waals surface area contributed by atoms with Gasteiger partial charge in [-0.3, -0.25) is 14.4 Å². The molecule has 0 saturated carbocycles. The van der Waals surface area contributed by atoms with Crippen molar-refractivity contribution in [2.24, 2.45) is 5.41 Å². The van der Waals surface area contributed by atoms with Gasteiger partial charge in [0.15, 0.2) is 6.61 Å². The number of carboxylic acids is 1. The van der Waals surface area contributed by atoms with Crippen molar-refractivity contribution in [3.8, 4) is 11.5 Å². The lowest BCUT2D eigenvalue weighted by Gasteiger charge is -2.47. The molecule has 0 bridgehead atoms. The van der Waals surface area contributed by atoms with E-state index in [9.17, 15) is 33.8 Å². The molecule has 4 atom stereocenters. The van der Waals surface area contributed by atoms with Crippen molar-refractivity contribution in [1.29, 1.82) is 0 Å². The molecule has 4 N–H and O–H groups in total. The fourth-order valence-electron chi connectivity index (χ4n) is 5.08. The highest BCUT2D eigenvalue weighted by molar-refractivity contribution is 8.00. The highest BCUT2D eigenvalue weighted by Gasteiger charge is 2.49. The second kappa shape index (κ2) is 16.0. The number of nitrogens with zero attached hydrogens (tertiary/aromatic N) is 1.